The first-order valence-electron chi connectivity index (χ1n) is 9.00. The summed E-state index contributed by atoms with van der Waals surface area (Å²) in [6, 6.07) is 9.79. The Labute approximate surface area is 164 Å². The largest absolute Gasteiger partial charge is 0.497 e. The SMILES string of the molecule is [CH2]c1ccc(OC)cc1-n1cc(-c2cn(C)nc2-c2ccnc(C)c2)c(C)n1. The molecule has 6 heteroatoms. The fraction of sp³-hybridized carbons (Fsp3) is 0.182. The van der Waals surface area contributed by atoms with Gasteiger partial charge in [0.1, 0.15) is 11.4 Å². The van der Waals surface area contributed by atoms with Gasteiger partial charge < -0.3 is 4.74 Å². The number of pyridine rings is 1. The van der Waals surface area contributed by atoms with Gasteiger partial charge >= 0.3 is 0 Å². The molecule has 0 bridgehead atoms. The molecule has 6 nitrogen and oxygen atoms in total. The van der Waals surface area contributed by atoms with Crippen LogP contribution in [0.15, 0.2) is 48.9 Å². The van der Waals surface area contributed by atoms with Gasteiger partial charge in [0.25, 0.3) is 0 Å². The summed E-state index contributed by atoms with van der Waals surface area (Å²) in [5, 5.41) is 9.41. The first kappa shape index (κ1) is 18.0. The van der Waals surface area contributed by atoms with E-state index in [1.54, 1.807) is 7.11 Å². The summed E-state index contributed by atoms with van der Waals surface area (Å²) < 4.78 is 9.04. The molecule has 1 aromatic carbocycles. The van der Waals surface area contributed by atoms with Crippen molar-refractivity contribution in [3.8, 4) is 33.8 Å². The Hall–Kier alpha value is -3.41. The van der Waals surface area contributed by atoms with Gasteiger partial charge in [0, 0.05) is 54.1 Å². The second kappa shape index (κ2) is 6.96. The van der Waals surface area contributed by atoms with Gasteiger partial charge in [-0.05, 0) is 44.5 Å². The Morgan fingerprint density at radius 1 is 1.00 bits per heavy atom. The molecule has 1 radical (unpaired) electrons. The lowest BCUT2D eigenvalue weighted by Crippen LogP contribution is -1.98. The summed E-state index contributed by atoms with van der Waals surface area (Å²) >= 11 is 0. The van der Waals surface area contributed by atoms with Crippen molar-refractivity contribution in [1.82, 2.24) is 24.5 Å². The molecule has 28 heavy (non-hydrogen) atoms. The van der Waals surface area contributed by atoms with Crippen LogP contribution in [0.4, 0.5) is 0 Å². The second-order valence-electron chi connectivity index (χ2n) is 6.82. The van der Waals surface area contributed by atoms with Crippen LogP contribution in [0, 0.1) is 20.8 Å². The Morgan fingerprint density at radius 2 is 1.82 bits per heavy atom. The summed E-state index contributed by atoms with van der Waals surface area (Å²) in [5.74, 6) is 0.770. The molecule has 0 aliphatic rings. The van der Waals surface area contributed by atoms with Crippen molar-refractivity contribution in [3.05, 3.63) is 72.8 Å². The summed E-state index contributed by atoms with van der Waals surface area (Å²) in [5.41, 5.74) is 7.66. The van der Waals surface area contributed by atoms with Crippen LogP contribution in [-0.2, 0) is 7.05 Å². The summed E-state index contributed by atoms with van der Waals surface area (Å²) in [6.07, 6.45) is 5.86. The van der Waals surface area contributed by atoms with Crippen LogP contribution in [0.3, 0.4) is 0 Å². The molecular weight excluding hydrogens is 350 g/mol. The van der Waals surface area contributed by atoms with Crippen molar-refractivity contribution in [2.45, 2.75) is 13.8 Å². The number of ether oxygens (including phenoxy) is 1. The molecule has 0 aliphatic carbocycles. The average molecular weight is 372 g/mol. The molecule has 0 fully saturated rings. The van der Waals surface area contributed by atoms with E-state index in [1.165, 1.54) is 0 Å². The molecular formula is C22H22N5O. The van der Waals surface area contributed by atoms with Gasteiger partial charge in [-0.1, -0.05) is 6.07 Å². The third-order valence-electron chi connectivity index (χ3n) is 4.73. The van der Waals surface area contributed by atoms with E-state index in [4.69, 9.17) is 9.84 Å². The molecule has 0 unspecified atom stereocenters. The van der Waals surface area contributed by atoms with Crippen molar-refractivity contribution in [3.63, 3.8) is 0 Å². The maximum Gasteiger partial charge on any atom is 0.121 e. The summed E-state index contributed by atoms with van der Waals surface area (Å²) in [6.45, 7) is 8.11. The molecule has 0 saturated carbocycles. The van der Waals surface area contributed by atoms with Crippen LogP contribution >= 0.6 is 0 Å². The highest BCUT2D eigenvalue weighted by Gasteiger charge is 2.18. The minimum atomic E-state index is 0.770. The maximum absolute atomic E-state index is 5.36. The first-order valence-corrected chi connectivity index (χ1v) is 9.00. The molecule has 3 aromatic heterocycles. The van der Waals surface area contributed by atoms with Crippen LogP contribution in [0.25, 0.3) is 28.1 Å². The standard InChI is InChI=1S/C22H22N5O/c1-14-6-7-18(28-5)11-21(14)27-13-19(16(3)24-27)20-12-26(4)25-22(20)17-8-9-23-15(2)10-17/h6-13H,1H2,2-5H3. The van der Waals surface area contributed by atoms with Crippen molar-refractivity contribution >= 4 is 0 Å². The predicted molar refractivity (Wildman–Crippen MR) is 109 cm³/mol. The van der Waals surface area contributed by atoms with Crippen LogP contribution in [0.1, 0.15) is 17.0 Å². The predicted octanol–water partition coefficient (Wildman–Crippen LogP) is 4.14. The quantitative estimate of drug-likeness (QED) is 0.540. The van der Waals surface area contributed by atoms with E-state index < -0.39 is 0 Å². The van der Waals surface area contributed by atoms with Crippen molar-refractivity contribution in [2.24, 2.45) is 7.05 Å². The molecule has 4 aromatic rings. The Bertz CT molecular complexity index is 1160. The topological polar surface area (TPSA) is 57.8 Å². The van der Waals surface area contributed by atoms with Crippen molar-refractivity contribution in [2.75, 3.05) is 7.11 Å². The number of hydrogen-bond donors (Lipinski definition) is 0. The van der Waals surface area contributed by atoms with Crippen molar-refractivity contribution < 1.29 is 4.74 Å². The van der Waals surface area contributed by atoms with E-state index in [0.29, 0.717) is 0 Å². The van der Waals surface area contributed by atoms with Gasteiger partial charge in [-0.25, -0.2) is 4.68 Å². The van der Waals surface area contributed by atoms with Gasteiger partial charge in [-0.15, -0.1) is 0 Å². The van der Waals surface area contributed by atoms with Crippen LogP contribution in [-0.4, -0.2) is 31.7 Å². The third-order valence-corrected chi connectivity index (χ3v) is 4.73. The number of benzene rings is 1. The number of aromatic nitrogens is 5. The lowest BCUT2D eigenvalue weighted by molar-refractivity contribution is 0.414. The van der Waals surface area contributed by atoms with Crippen LogP contribution < -0.4 is 4.74 Å². The van der Waals surface area contributed by atoms with Crippen LogP contribution in [0.5, 0.6) is 5.75 Å². The minimum Gasteiger partial charge on any atom is -0.497 e. The number of hydrogen-bond acceptors (Lipinski definition) is 4. The van der Waals surface area contributed by atoms with Gasteiger partial charge in [0.05, 0.1) is 18.5 Å². The fourth-order valence-corrected chi connectivity index (χ4v) is 3.32. The highest BCUT2D eigenvalue weighted by molar-refractivity contribution is 5.81. The van der Waals surface area contributed by atoms with E-state index in [-0.39, 0.29) is 0 Å². The number of nitrogens with zero attached hydrogens (tertiary/aromatic N) is 5. The molecule has 0 amide bonds. The molecule has 0 aliphatic heterocycles. The third kappa shape index (κ3) is 3.17. The molecule has 3 heterocycles. The summed E-state index contributed by atoms with van der Waals surface area (Å²) in [4.78, 5) is 4.29. The zero-order chi connectivity index (χ0) is 19.8. The molecule has 4 rings (SSSR count). The molecule has 0 spiro atoms. The minimum absolute atomic E-state index is 0.770. The Morgan fingerprint density at radius 3 is 2.57 bits per heavy atom. The smallest absolute Gasteiger partial charge is 0.121 e. The zero-order valence-corrected chi connectivity index (χ0v) is 16.5. The van der Waals surface area contributed by atoms with Gasteiger partial charge in [0.2, 0.25) is 0 Å². The van der Waals surface area contributed by atoms with E-state index in [0.717, 1.165) is 50.8 Å². The first-order chi connectivity index (χ1) is 13.5. The van der Waals surface area contributed by atoms with Gasteiger partial charge in [-0.2, -0.15) is 10.2 Å². The second-order valence-corrected chi connectivity index (χ2v) is 6.82. The number of aryl methyl sites for hydroxylation is 3. The molecule has 141 valence electrons. The van der Waals surface area contributed by atoms with E-state index in [2.05, 4.69) is 17.0 Å². The number of rotatable bonds is 4. The average Bonchev–Trinajstić information content (AvgIpc) is 3.24. The van der Waals surface area contributed by atoms with Gasteiger partial charge in [-0.3, -0.25) is 9.67 Å². The zero-order valence-electron chi connectivity index (χ0n) is 16.5. The highest BCUT2D eigenvalue weighted by atomic mass is 16.5. The number of methoxy groups -OCH3 is 1. The highest BCUT2D eigenvalue weighted by Crippen LogP contribution is 2.33. The maximum atomic E-state index is 5.36. The molecule has 0 atom stereocenters. The Kier molecular flexibility index (Phi) is 4.47. The normalized spacial score (nSPS) is 11.0. The molecule has 0 N–H and O–H groups in total. The lowest BCUT2D eigenvalue weighted by Gasteiger charge is -2.08. The van der Waals surface area contributed by atoms with Crippen molar-refractivity contribution in [1.29, 1.82) is 0 Å². The van der Waals surface area contributed by atoms with Gasteiger partial charge in [0.15, 0.2) is 0 Å². The lowest BCUT2D eigenvalue weighted by atomic mass is 10.0. The fourth-order valence-electron chi connectivity index (χ4n) is 3.32. The Balaban J connectivity index is 1.85. The van der Waals surface area contributed by atoms with E-state index in [1.807, 2.05) is 79.2 Å². The van der Waals surface area contributed by atoms with Crippen LogP contribution in [0.2, 0.25) is 0 Å². The van der Waals surface area contributed by atoms with E-state index in [9.17, 15) is 0 Å². The summed E-state index contributed by atoms with van der Waals surface area (Å²) in [7, 11) is 3.58. The molecule has 0 saturated heterocycles. The van der Waals surface area contributed by atoms with E-state index >= 15 is 0 Å². The monoisotopic (exact) mass is 372 g/mol.